The maximum atomic E-state index is 4.31. The fourth-order valence-electron chi connectivity index (χ4n) is 3.96. The lowest BCUT2D eigenvalue weighted by Crippen LogP contribution is -2.19. The number of anilines is 2. The van der Waals surface area contributed by atoms with Gasteiger partial charge in [0, 0.05) is 34.2 Å². The van der Waals surface area contributed by atoms with E-state index in [9.17, 15) is 0 Å². The second kappa shape index (κ2) is 15.5. The van der Waals surface area contributed by atoms with E-state index in [1.807, 2.05) is 86.7 Å². The Morgan fingerprint density at radius 3 is 1.92 bits per heavy atom. The quantitative estimate of drug-likeness (QED) is 0.252. The molecule has 2 nitrogen and oxygen atoms in total. The van der Waals surface area contributed by atoms with E-state index < -0.39 is 0 Å². The van der Waals surface area contributed by atoms with Crippen LogP contribution in [0.15, 0.2) is 171 Å². The smallest absolute Gasteiger partial charge is 0.0461 e. The number of rotatable bonds is 13. The average molecular weight is 501 g/mol. The number of para-hydroxylation sites is 1. The number of nitrogens with zero attached hydrogens (tertiary/aromatic N) is 2. The summed E-state index contributed by atoms with van der Waals surface area (Å²) in [5.41, 5.74) is 8.17. The highest BCUT2D eigenvalue weighted by atomic mass is 15.2. The standard InChI is InChI=1S/C36H40N2/c1-9-14-16-20-31(8)38(35-21-17-15-18-22-35)34(13-5)26-23-32(12-4)33-24-27-36(28-25-33)37(29(6)11-3)30(7)19-10-2/h9-28H,2,4-5,8H2,1,3,6-7H3/b14-9-,20-16-,29-11+,30-19+,32-23+,34-26+. The Morgan fingerprint density at radius 2 is 1.37 bits per heavy atom. The van der Waals surface area contributed by atoms with Crippen LogP contribution in [0.1, 0.15) is 33.3 Å². The zero-order chi connectivity index (χ0) is 27.9. The topological polar surface area (TPSA) is 6.48 Å². The second-order valence-electron chi connectivity index (χ2n) is 8.53. The van der Waals surface area contributed by atoms with Gasteiger partial charge in [0.05, 0.1) is 0 Å². The van der Waals surface area contributed by atoms with Crippen LogP contribution < -0.4 is 9.80 Å². The molecule has 0 bridgehead atoms. The summed E-state index contributed by atoms with van der Waals surface area (Å²) in [5, 5.41) is 0. The summed E-state index contributed by atoms with van der Waals surface area (Å²) in [6, 6.07) is 18.7. The molecule has 0 fully saturated rings. The van der Waals surface area contributed by atoms with Crippen molar-refractivity contribution >= 4 is 16.9 Å². The minimum atomic E-state index is 0.834. The maximum Gasteiger partial charge on any atom is 0.0461 e. The molecule has 0 aromatic heterocycles. The number of allylic oxidation sites excluding steroid dienone is 14. The van der Waals surface area contributed by atoms with Gasteiger partial charge in [0.1, 0.15) is 0 Å². The van der Waals surface area contributed by atoms with Crippen molar-refractivity contribution in [1.29, 1.82) is 0 Å². The van der Waals surface area contributed by atoms with Crippen LogP contribution in [0, 0.1) is 0 Å². The summed E-state index contributed by atoms with van der Waals surface area (Å²) in [6.45, 7) is 24.5. The lowest BCUT2D eigenvalue weighted by Gasteiger charge is -2.26. The Balaban J connectivity index is 2.49. The van der Waals surface area contributed by atoms with Gasteiger partial charge in [-0.05, 0) is 87.4 Å². The molecule has 0 radical (unpaired) electrons. The van der Waals surface area contributed by atoms with E-state index in [4.69, 9.17) is 0 Å². The zero-order valence-electron chi connectivity index (χ0n) is 23.3. The van der Waals surface area contributed by atoms with E-state index in [0.717, 1.165) is 45.3 Å². The Kier molecular flexibility index (Phi) is 12.1. The van der Waals surface area contributed by atoms with E-state index in [1.165, 1.54) is 0 Å². The molecule has 0 aliphatic rings. The van der Waals surface area contributed by atoms with E-state index in [-0.39, 0.29) is 0 Å². The summed E-state index contributed by atoms with van der Waals surface area (Å²) < 4.78 is 0. The van der Waals surface area contributed by atoms with E-state index >= 15 is 0 Å². The van der Waals surface area contributed by atoms with Crippen molar-refractivity contribution in [1.82, 2.24) is 0 Å². The zero-order valence-corrected chi connectivity index (χ0v) is 23.3. The molecule has 0 atom stereocenters. The Labute approximate surface area is 230 Å². The lowest BCUT2D eigenvalue weighted by molar-refractivity contribution is 1.06. The molecule has 0 aliphatic heterocycles. The van der Waals surface area contributed by atoms with Crippen molar-refractivity contribution in [2.45, 2.75) is 27.7 Å². The molecule has 2 rings (SSSR count). The predicted octanol–water partition coefficient (Wildman–Crippen LogP) is 10.3. The first-order valence-corrected chi connectivity index (χ1v) is 12.7. The van der Waals surface area contributed by atoms with Crippen LogP contribution in [-0.4, -0.2) is 0 Å². The molecule has 0 saturated carbocycles. The third-order valence-electron chi connectivity index (χ3n) is 5.96. The molecule has 194 valence electrons. The molecular weight excluding hydrogens is 460 g/mol. The Morgan fingerprint density at radius 1 is 0.711 bits per heavy atom. The summed E-state index contributed by atoms with van der Waals surface area (Å²) in [5.74, 6) is 0. The van der Waals surface area contributed by atoms with E-state index in [1.54, 1.807) is 0 Å². The van der Waals surface area contributed by atoms with Gasteiger partial charge in [-0.3, -0.25) is 0 Å². The van der Waals surface area contributed by atoms with Crippen LogP contribution >= 0.6 is 0 Å². The molecule has 0 aliphatic carbocycles. The van der Waals surface area contributed by atoms with Gasteiger partial charge in [-0.25, -0.2) is 0 Å². The molecule has 0 unspecified atom stereocenters. The Hall–Kier alpha value is -4.56. The minimum Gasteiger partial charge on any atom is -0.319 e. The van der Waals surface area contributed by atoms with Crippen LogP contribution in [0.25, 0.3) is 5.57 Å². The van der Waals surface area contributed by atoms with Crippen LogP contribution in [0.2, 0.25) is 0 Å². The van der Waals surface area contributed by atoms with Gasteiger partial charge >= 0.3 is 0 Å². The summed E-state index contributed by atoms with van der Waals surface area (Å²) in [6.07, 6.45) is 21.7. The SMILES string of the molecule is C=C/C=C(\C)N(/C(C)=C/C)c1ccc(/C(C=C)=C/C=C(\C=C)N(C(=C)/C=C\C=C/C)c2ccccc2)cc1. The minimum absolute atomic E-state index is 0.834. The van der Waals surface area contributed by atoms with Crippen LogP contribution in [-0.2, 0) is 0 Å². The predicted molar refractivity (Wildman–Crippen MR) is 171 cm³/mol. The molecule has 38 heavy (non-hydrogen) atoms. The van der Waals surface area contributed by atoms with Crippen molar-refractivity contribution in [3.8, 4) is 0 Å². The van der Waals surface area contributed by atoms with Crippen LogP contribution in [0.3, 0.4) is 0 Å². The Bertz CT molecular complexity index is 1290. The largest absolute Gasteiger partial charge is 0.319 e. The van der Waals surface area contributed by atoms with Gasteiger partial charge in [0.25, 0.3) is 0 Å². The van der Waals surface area contributed by atoms with Crippen molar-refractivity contribution in [3.05, 3.63) is 176 Å². The highest BCUT2D eigenvalue weighted by Gasteiger charge is 2.12. The molecule has 2 aromatic rings. The van der Waals surface area contributed by atoms with Crippen molar-refractivity contribution in [2.24, 2.45) is 0 Å². The van der Waals surface area contributed by atoms with Gasteiger partial charge < -0.3 is 9.80 Å². The third-order valence-corrected chi connectivity index (χ3v) is 5.96. The highest BCUT2D eigenvalue weighted by Crippen LogP contribution is 2.28. The molecule has 0 saturated heterocycles. The molecule has 0 heterocycles. The first-order chi connectivity index (χ1) is 18.4. The highest BCUT2D eigenvalue weighted by molar-refractivity contribution is 5.77. The molecule has 0 N–H and O–H groups in total. The third kappa shape index (κ3) is 7.97. The van der Waals surface area contributed by atoms with Crippen molar-refractivity contribution in [2.75, 3.05) is 9.80 Å². The van der Waals surface area contributed by atoms with Crippen molar-refractivity contribution in [3.63, 3.8) is 0 Å². The molecule has 2 heteroatoms. The summed E-state index contributed by atoms with van der Waals surface area (Å²) >= 11 is 0. The van der Waals surface area contributed by atoms with E-state index in [0.29, 0.717) is 0 Å². The van der Waals surface area contributed by atoms with Crippen molar-refractivity contribution < 1.29 is 0 Å². The first kappa shape index (κ1) is 29.7. The van der Waals surface area contributed by atoms with E-state index in [2.05, 4.69) is 98.5 Å². The van der Waals surface area contributed by atoms with Crippen LogP contribution in [0.5, 0.6) is 0 Å². The summed E-state index contributed by atoms with van der Waals surface area (Å²) in [4.78, 5) is 4.29. The van der Waals surface area contributed by atoms with Gasteiger partial charge in [-0.2, -0.15) is 0 Å². The monoisotopic (exact) mass is 500 g/mol. The molecule has 2 aromatic carbocycles. The molecular formula is C36H40N2. The molecule has 0 spiro atoms. The van der Waals surface area contributed by atoms with Crippen LogP contribution in [0.4, 0.5) is 11.4 Å². The fraction of sp³-hybridized carbons (Fsp3) is 0.111. The van der Waals surface area contributed by atoms with Gasteiger partial charge in [0.15, 0.2) is 0 Å². The first-order valence-electron chi connectivity index (χ1n) is 12.7. The molecule has 0 amide bonds. The van der Waals surface area contributed by atoms with Gasteiger partial charge in [-0.15, -0.1) is 0 Å². The summed E-state index contributed by atoms with van der Waals surface area (Å²) in [7, 11) is 0. The maximum absolute atomic E-state index is 4.31. The number of benzene rings is 2. The second-order valence-corrected chi connectivity index (χ2v) is 8.53. The average Bonchev–Trinajstić information content (AvgIpc) is 2.94. The van der Waals surface area contributed by atoms with Gasteiger partial charge in [-0.1, -0.05) is 99.2 Å². The lowest BCUT2D eigenvalue weighted by atomic mass is 10.0. The number of hydrogen-bond donors (Lipinski definition) is 0. The number of hydrogen-bond acceptors (Lipinski definition) is 2. The fourth-order valence-corrected chi connectivity index (χ4v) is 3.96. The van der Waals surface area contributed by atoms with Gasteiger partial charge in [0.2, 0.25) is 0 Å². The normalized spacial score (nSPS) is 13.1.